The molecular formula is C51H53F3N8O9S. The van der Waals surface area contributed by atoms with Crippen LogP contribution in [0.1, 0.15) is 83.9 Å². The van der Waals surface area contributed by atoms with E-state index in [0.29, 0.717) is 59.9 Å². The number of piperidine rings is 1. The third kappa shape index (κ3) is 9.22. The van der Waals surface area contributed by atoms with E-state index in [1.54, 1.807) is 18.3 Å². The predicted molar refractivity (Wildman–Crippen MR) is 258 cm³/mol. The molecule has 5 aliphatic rings. The molecule has 378 valence electrons. The number of hydrogen-bond acceptors (Lipinski definition) is 12. The molecule has 0 radical (unpaired) electrons. The second-order valence-corrected chi connectivity index (χ2v) is 22.3. The molecule has 3 aromatic carbocycles. The molecular weight excluding hydrogens is 958 g/mol. The zero-order valence-electron chi connectivity index (χ0n) is 39.8. The van der Waals surface area contributed by atoms with Crippen molar-refractivity contribution in [1.29, 1.82) is 0 Å². The minimum absolute atomic E-state index is 0.00326. The molecule has 17 nitrogen and oxygen atoms in total. The van der Waals surface area contributed by atoms with Crippen LogP contribution >= 0.6 is 0 Å². The lowest BCUT2D eigenvalue weighted by molar-refractivity contribution is -0.136. The molecule has 21 heteroatoms. The van der Waals surface area contributed by atoms with Crippen molar-refractivity contribution in [3.8, 4) is 11.1 Å². The molecule has 5 aromatic rings. The van der Waals surface area contributed by atoms with Crippen LogP contribution in [0.2, 0.25) is 0 Å². The van der Waals surface area contributed by atoms with Crippen molar-refractivity contribution in [3.05, 3.63) is 113 Å². The van der Waals surface area contributed by atoms with E-state index < -0.39 is 81.3 Å². The van der Waals surface area contributed by atoms with Crippen LogP contribution in [0.25, 0.3) is 22.2 Å². The van der Waals surface area contributed by atoms with Gasteiger partial charge in [0.15, 0.2) is 5.82 Å². The molecule has 3 atom stereocenters. The van der Waals surface area contributed by atoms with Gasteiger partial charge in [0.1, 0.15) is 35.0 Å². The monoisotopic (exact) mass is 1010 g/mol. The summed E-state index contributed by atoms with van der Waals surface area (Å²) in [6, 6.07) is 15.8. The fourth-order valence-corrected chi connectivity index (χ4v) is 12.1. The number of hydrogen-bond donors (Lipinski definition) is 3. The molecule has 1 spiro atoms. The van der Waals surface area contributed by atoms with Gasteiger partial charge in [0.05, 0.1) is 11.7 Å². The van der Waals surface area contributed by atoms with Crippen LogP contribution in [0.3, 0.4) is 0 Å². The SMILES string of the molecule is CC(C)(C)OC(=O)N(c1ccc(F)c(C(=O)c2c[nH]c3ncc(-c4ccc(N5CC6(CN(C[C@@H](O)CCc7ccc8c(c7)CN(C7CCC(=O)NC7=O)C8=O)C6)C5)cc4)cc23)c1F)S(=O)(=O)N1CC[C@@H](F)C1. The van der Waals surface area contributed by atoms with Gasteiger partial charge in [0, 0.05) is 104 Å². The first kappa shape index (κ1) is 48.9. The fraction of sp³-hybridized carbons (Fsp3) is 0.412. The summed E-state index contributed by atoms with van der Waals surface area (Å²) in [6.45, 7) is 7.75. The molecule has 2 aromatic heterocycles. The first-order chi connectivity index (χ1) is 34.2. The summed E-state index contributed by atoms with van der Waals surface area (Å²) in [5, 5.41) is 13.5. The third-order valence-corrected chi connectivity index (χ3v) is 15.9. The molecule has 10 rings (SSSR count). The molecule has 4 fully saturated rings. The molecule has 5 aliphatic heterocycles. The summed E-state index contributed by atoms with van der Waals surface area (Å²) >= 11 is 0. The van der Waals surface area contributed by atoms with Crippen LogP contribution in [0.5, 0.6) is 0 Å². The van der Waals surface area contributed by atoms with Gasteiger partial charge >= 0.3 is 16.3 Å². The van der Waals surface area contributed by atoms with Gasteiger partial charge in [-0.25, -0.2) is 22.9 Å². The Kier molecular flexibility index (Phi) is 12.5. The smallest absolute Gasteiger partial charge is 0.430 e. The number of benzene rings is 3. The number of aromatic nitrogens is 2. The summed E-state index contributed by atoms with van der Waals surface area (Å²) in [7, 11) is -4.97. The Morgan fingerprint density at radius 1 is 0.986 bits per heavy atom. The number of aliphatic hydroxyl groups is 1. The Labute approximate surface area is 413 Å². The number of nitrogens with zero attached hydrogens (tertiary/aromatic N) is 6. The van der Waals surface area contributed by atoms with Gasteiger partial charge in [-0.1, -0.05) is 24.3 Å². The largest absolute Gasteiger partial charge is 0.443 e. The maximum absolute atomic E-state index is 16.6. The number of alkyl halides is 1. The van der Waals surface area contributed by atoms with Gasteiger partial charge in [-0.2, -0.15) is 17.0 Å². The first-order valence-corrected chi connectivity index (χ1v) is 25.3. The number of nitrogens with one attached hydrogen (secondary N) is 2. The standard InChI is InChI=1S/C51H53F3N8O9S/c1-50(2,3)71-49(68)62(72(69,70)60-17-16-33(52)23-60)40-13-12-39(53)43(44(40)54)45(65)38-21-56-46-37(38)19-31(20-55-46)30-6-8-34(9-7-30)59-27-51(28-59)25-58(26-51)24-35(63)10-4-29-5-11-36-32(18-29)22-61(48(36)67)41-14-15-42(64)57-47(41)66/h5-9,11-13,18-21,33,35,41,63H,4,10,14-17,22-28H2,1-3H3,(H,55,56)(H,57,64,66)/t33-,35+,41?/m1/s1. The normalized spacial score (nSPS) is 20.6. The number of likely N-dealkylation sites (tertiary alicyclic amines) is 1. The van der Waals surface area contributed by atoms with Gasteiger partial charge in [-0.05, 0) is 99.5 Å². The summed E-state index contributed by atoms with van der Waals surface area (Å²) in [6.07, 6.45) is 0.777. The summed E-state index contributed by atoms with van der Waals surface area (Å²) in [5.41, 5.74) is 1.63. The zero-order valence-corrected chi connectivity index (χ0v) is 40.6. The second-order valence-electron chi connectivity index (χ2n) is 20.6. The van der Waals surface area contributed by atoms with E-state index in [-0.39, 0.29) is 57.5 Å². The van der Waals surface area contributed by atoms with E-state index in [1.165, 1.54) is 31.9 Å². The summed E-state index contributed by atoms with van der Waals surface area (Å²) < 4.78 is 79.9. The minimum atomic E-state index is -4.97. The van der Waals surface area contributed by atoms with Crippen molar-refractivity contribution in [2.75, 3.05) is 55.0 Å². The first-order valence-electron chi connectivity index (χ1n) is 23.9. The number of anilines is 2. The fourth-order valence-electron chi connectivity index (χ4n) is 10.6. The number of aryl methyl sites for hydroxylation is 1. The number of amides is 4. The number of ketones is 1. The van der Waals surface area contributed by atoms with Gasteiger partial charge in [0.25, 0.3) is 5.91 Å². The van der Waals surface area contributed by atoms with Crippen molar-refractivity contribution in [3.63, 3.8) is 0 Å². The Hall–Kier alpha value is -6.68. The molecule has 0 bridgehead atoms. The third-order valence-electron chi connectivity index (χ3n) is 14.1. The number of halogens is 3. The number of aliphatic hydroxyl groups excluding tert-OH is 1. The van der Waals surface area contributed by atoms with E-state index in [2.05, 4.69) is 25.1 Å². The highest BCUT2D eigenvalue weighted by molar-refractivity contribution is 7.91. The second kappa shape index (κ2) is 18.4. The molecule has 1 unspecified atom stereocenters. The number of carbonyl (C=O) groups is 5. The Morgan fingerprint density at radius 2 is 1.74 bits per heavy atom. The Bertz CT molecular complexity index is 3150. The van der Waals surface area contributed by atoms with Crippen molar-refractivity contribution >= 4 is 62.2 Å². The van der Waals surface area contributed by atoms with Crippen LogP contribution in [0, 0.1) is 17.0 Å². The summed E-state index contributed by atoms with van der Waals surface area (Å²) in [4.78, 5) is 78.0. The van der Waals surface area contributed by atoms with Crippen molar-refractivity contribution < 1.29 is 55.4 Å². The van der Waals surface area contributed by atoms with Gasteiger partial charge in [0.2, 0.25) is 17.6 Å². The lowest BCUT2D eigenvalue weighted by Crippen LogP contribution is -2.72. The lowest BCUT2D eigenvalue weighted by Gasteiger charge is -2.61. The highest BCUT2D eigenvalue weighted by Crippen LogP contribution is 2.43. The van der Waals surface area contributed by atoms with Crippen LogP contribution in [0.4, 0.5) is 29.3 Å². The zero-order chi connectivity index (χ0) is 51.0. The van der Waals surface area contributed by atoms with E-state index in [4.69, 9.17) is 4.74 Å². The highest BCUT2D eigenvalue weighted by Gasteiger charge is 2.52. The maximum Gasteiger partial charge on any atom is 0.430 e. The number of aromatic amines is 1. The van der Waals surface area contributed by atoms with E-state index in [0.717, 1.165) is 48.6 Å². The van der Waals surface area contributed by atoms with E-state index in [9.17, 15) is 41.9 Å². The molecule has 0 saturated carbocycles. The van der Waals surface area contributed by atoms with Crippen LogP contribution < -0.4 is 14.5 Å². The number of ether oxygens (including phenoxy) is 1. The number of H-pyrrole nitrogens is 1. The molecule has 0 aliphatic carbocycles. The van der Waals surface area contributed by atoms with Crippen molar-refractivity contribution in [2.45, 2.75) is 83.3 Å². The predicted octanol–water partition coefficient (Wildman–Crippen LogP) is 5.65. The average Bonchev–Trinajstić information content (AvgIpc) is 4.03. The van der Waals surface area contributed by atoms with Crippen LogP contribution in [0.15, 0.2) is 73.1 Å². The number of fused-ring (bicyclic) bond motifs is 2. The molecule has 4 saturated heterocycles. The Balaban J connectivity index is 0.754. The lowest BCUT2D eigenvalue weighted by atomic mass is 9.72. The van der Waals surface area contributed by atoms with Gasteiger partial charge < -0.3 is 24.6 Å². The van der Waals surface area contributed by atoms with E-state index in [1.807, 2.05) is 36.4 Å². The summed E-state index contributed by atoms with van der Waals surface area (Å²) in [5.74, 6) is -5.08. The molecule has 3 N–H and O–H groups in total. The molecule has 72 heavy (non-hydrogen) atoms. The van der Waals surface area contributed by atoms with Crippen LogP contribution in [-0.2, 0) is 37.5 Å². The van der Waals surface area contributed by atoms with E-state index >= 15 is 8.78 Å². The average molecular weight is 1010 g/mol. The van der Waals surface area contributed by atoms with Gasteiger partial charge in [-0.3, -0.25) is 29.4 Å². The van der Waals surface area contributed by atoms with Gasteiger partial charge in [-0.15, -0.1) is 0 Å². The quantitative estimate of drug-likeness (QED) is 0.0968. The number of carbonyl (C=O) groups excluding carboxylic acids is 5. The topological polar surface area (TPSA) is 206 Å². The maximum atomic E-state index is 16.6. The number of β-amino-alcohol motifs (C(OH)–C–C–N with tert-alkyl or cyclic N) is 1. The Morgan fingerprint density at radius 3 is 2.43 bits per heavy atom. The number of rotatable bonds is 13. The van der Waals surface area contributed by atoms with Crippen molar-refractivity contribution in [1.82, 2.24) is 29.4 Å². The van der Waals surface area contributed by atoms with Crippen molar-refractivity contribution in [2.24, 2.45) is 5.41 Å². The highest BCUT2D eigenvalue weighted by atomic mass is 32.2. The number of pyridine rings is 1. The van der Waals surface area contributed by atoms with Crippen LogP contribution in [-0.4, -0.2) is 137 Å². The minimum Gasteiger partial charge on any atom is -0.443 e. The molecule has 4 amide bonds. The molecule has 7 heterocycles. The number of imide groups is 1.